The third kappa shape index (κ3) is 6.17. The largest absolute Gasteiger partial charge is 0.433 e. The second-order valence-electron chi connectivity index (χ2n) is 11.9. The number of aromatic nitrogens is 1. The highest BCUT2D eigenvalue weighted by Gasteiger charge is 2.32. The van der Waals surface area contributed by atoms with E-state index in [1.165, 1.54) is 12.3 Å². The minimum atomic E-state index is -4.50. The molecule has 242 valence electrons. The van der Waals surface area contributed by atoms with E-state index in [4.69, 9.17) is 0 Å². The molecule has 0 saturated heterocycles. The third-order valence-corrected chi connectivity index (χ3v) is 10.0. The van der Waals surface area contributed by atoms with E-state index in [0.29, 0.717) is 5.56 Å². The Kier molecular flexibility index (Phi) is 8.23. The molecule has 0 aliphatic rings. The van der Waals surface area contributed by atoms with Gasteiger partial charge in [-0.3, -0.25) is 4.98 Å². The van der Waals surface area contributed by atoms with E-state index in [9.17, 15) is 13.2 Å². The van der Waals surface area contributed by atoms with Crippen LogP contribution in [0.2, 0.25) is 0 Å². The summed E-state index contributed by atoms with van der Waals surface area (Å²) in [4.78, 5) is 6.99. The summed E-state index contributed by atoms with van der Waals surface area (Å²) in [6.07, 6.45) is -3.17. The molecule has 0 atom stereocenters. The Balaban J connectivity index is 1.19. The van der Waals surface area contributed by atoms with E-state index in [2.05, 4.69) is 107 Å². The fraction of sp³-hybridized carbons (Fsp3) is 0.0227. The number of rotatable bonds is 7. The maximum atomic E-state index is 13.3. The molecule has 50 heavy (non-hydrogen) atoms. The van der Waals surface area contributed by atoms with Crippen LogP contribution in [0.15, 0.2) is 176 Å². The van der Waals surface area contributed by atoms with E-state index in [-0.39, 0.29) is 0 Å². The Labute approximate surface area is 292 Å². The molecule has 2 aromatic heterocycles. The first kappa shape index (κ1) is 31.3. The molecule has 6 heteroatoms. The standard InChI is InChI=1S/C44H29F3N2S/c45-44(46,47)41-28-21-35(29-48-41)42-39-13-7-8-14-40(39)50-43(42)34-19-26-38(27-20-34)49(36-22-15-32(16-23-36)30-9-3-1-4-10-30)37-24-17-33(18-25-37)31-11-5-2-6-12-31/h1-29H. The van der Waals surface area contributed by atoms with Gasteiger partial charge in [-0.2, -0.15) is 13.2 Å². The van der Waals surface area contributed by atoms with Crippen molar-refractivity contribution in [1.82, 2.24) is 4.98 Å². The maximum Gasteiger partial charge on any atom is 0.433 e. The molecule has 2 nitrogen and oxygen atoms in total. The van der Waals surface area contributed by atoms with E-state index in [1.54, 1.807) is 11.3 Å². The summed E-state index contributed by atoms with van der Waals surface area (Å²) in [5.74, 6) is 0. The summed E-state index contributed by atoms with van der Waals surface area (Å²) >= 11 is 1.62. The fourth-order valence-electron chi connectivity index (χ4n) is 6.32. The van der Waals surface area contributed by atoms with E-state index >= 15 is 0 Å². The zero-order valence-electron chi connectivity index (χ0n) is 26.7. The number of anilines is 3. The van der Waals surface area contributed by atoms with Gasteiger partial charge in [-0.15, -0.1) is 11.3 Å². The summed E-state index contributed by atoms with van der Waals surface area (Å²) in [5, 5.41) is 0.983. The Bertz CT molecular complexity index is 2280. The maximum absolute atomic E-state index is 13.3. The van der Waals surface area contributed by atoms with Gasteiger partial charge < -0.3 is 4.90 Å². The highest BCUT2D eigenvalue weighted by Crippen LogP contribution is 2.46. The van der Waals surface area contributed by atoms with Gasteiger partial charge in [0.15, 0.2) is 0 Å². The molecule has 0 spiro atoms. The Hall–Kier alpha value is -5.98. The molecule has 0 unspecified atom stereocenters. The van der Waals surface area contributed by atoms with Crippen molar-refractivity contribution in [1.29, 1.82) is 0 Å². The van der Waals surface area contributed by atoms with Gasteiger partial charge in [0.1, 0.15) is 5.69 Å². The zero-order valence-corrected chi connectivity index (χ0v) is 27.5. The predicted octanol–water partition coefficient (Wildman–Crippen LogP) is 13.5. The van der Waals surface area contributed by atoms with Crippen LogP contribution in [0.3, 0.4) is 0 Å². The minimum absolute atomic E-state index is 0.646. The van der Waals surface area contributed by atoms with Crippen LogP contribution in [0.5, 0.6) is 0 Å². The number of thiophene rings is 1. The van der Waals surface area contributed by atoms with Crippen LogP contribution in [0, 0.1) is 0 Å². The van der Waals surface area contributed by atoms with Gasteiger partial charge in [0.2, 0.25) is 0 Å². The summed E-state index contributed by atoms with van der Waals surface area (Å²) in [6, 6.07) is 56.7. The van der Waals surface area contributed by atoms with Gasteiger partial charge in [-0.25, -0.2) is 0 Å². The highest BCUT2D eigenvalue weighted by molar-refractivity contribution is 7.23. The van der Waals surface area contributed by atoms with Gasteiger partial charge in [-0.05, 0) is 76.3 Å². The molecule has 0 aliphatic carbocycles. The number of pyridine rings is 1. The third-order valence-electron chi connectivity index (χ3n) is 8.79. The molecule has 6 aromatic carbocycles. The SMILES string of the molecule is FC(F)(F)c1ccc(-c2c(-c3ccc(N(c4ccc(-c5ccccc5)cc4)c4ccc(-c5ccccc5)cc4)cc3)sc3ccccc23)cn1. The fourth-order valence-corrected chi connectivity index (χ4v) is 7.55. The molecule has 0 N–H and O–H groups in total. The topological polar surface area (TPSA) is 16.1 Å². The van der Waals surface area contributed by atoms with E-state index < -0.39 is 11.9 Å². The molecule has 2 heterocycles. The van der Waals surface area contributed by atoms with Crippen molar-refractivity contribution in [3.05, 3.63) is 182 Å². The molecule has 0 aliphatic heterocycles. The quantitative estimate of drug-likeness (QED) is 0.167. The van der Waals surface area contributed by atoms with Crippen LogP contribution >= 0.6 is 11.3 Å². The number of fused-ring (bicyclic) bond motifs is 1. The van der Waals surface area contributed by atoms with Gasteiger partial charge in [0, 0.05) is 49.3 Å². The van der Waals surface area contributed by atoms with Crippen molar-refractivity contribution in [3.8, 4) is 43.8 Å². The number of hydrogen-bond acceptors (Lipinski definition) is 3. The van der Waals surface area contributed by atoms with Crippen molar-refractivity contribution < 1.29 is 13.2 Å². The molecule has 0 radical (unpaired) electrons. The lowest BCUT2D eigenvalue weighted by Crippen LogP contribution is -2.09. The van der Waals surface area contributed by atoms with Gasteiger partial charge >= 0.3 is 6.18 Å². The highest BCUT2D eigenvalue weighted by atomic mass is 32.1. The average molecular weight is 675 g/mol. The van der Waals surface area contributed by atoms with Crippen molar-refractivity contribution in [3.63, 3.8) is 0 Å². The molecule has 0 amide bonds. The molecule has 0 bridgehead atoms. The van der Waals surface area contributed by atoms with Crippen molar-refractivity contribution in [2.75, 3.05) is 4.90 Å². The first-order valence-corrected chi connectivity index (χ1v) is 17.0. The van der Waals surface area contributed by atoms with E-state index in [0.717, 1.165) is 71.5 Å². The van der Waals surface area contributed by atoms with E-state index in [1.807, 2.05) is 60.7 Å². The monoisotopic (exact) mass is 674 g/mol. The lowest BCUT2D eigenvalue weighted by Gasteiger charge is -2.26. The zero-order chi connectivity index (χ0) is 34.1. The molecular weight excluding hydrogens is 646 g/mol. The van der Waals surface area contributed by atoms with Crippen LogP contribution in [0.1, 0.15) is 5.69 Å². The number of benzene rings is 6. The van der Waals surface area contributed by atoms with Crippen molar-refractivity contribution >= 4 is 38.5 Å². The molecule has 0 fully saturated rings. The normalized spacial score (nSPS) is 11.5. The summed E-state index contributed by atoms with van der Waals surface area (Å²) in [5.41, 5.74) is 9.20. The second kappa shape index (κ2) is 13.1. The Morgan fingerprint density at radius 2 is 0.880 bits per heavy atom. The summed E-state index contributed by atoms with van der Waals surface area (Å²) in [6.45, 7) is 0. The smallest absolute Gasteiger partial charge is 0.311 e. The summed E-state index contributed by atoms with van der Waals surface area (Å²) < 4.78 is 41.1. The molecular formula is C44H29F3N2S. The van der Waals surface area contributed by atoms with Crippen molar-refractivity contribution in [2.24, 2.45) is 0 Å². The molecule has 8 rings (SSSR count). The van der Waals surface area contributed by atoms with Gasteiger partial charge in [0.05, 0.1) is 0 Å². The van der Waals surface area contributed by atoms with Gasteiger partial charge in [0.25, 0.3) is 0 Å². The van der Waals surface area contributed by atoms with Crippen LogP contribution in [0.4, 0.5) is 30.2 Å². The van der Waals surface area contributed by atoms with Crippen LogP contribution in [-0.4, -0.2) is 4.98 Å². The number of halogens is 3. The first-order chi connectivity index (χ1) is 24.4. The molecule has 0 saturated carbocycles. The Morgan fingerprint density at radius 3 is 1.36 bits per heavy atom. The number of nitrogens with zero attached hydrogens (tertiary/aromatic N) is 2. The Morgan fingerprint density at radius 1 is 0.440 bits per heavy atom. The first-order valence-electron chi connectivity index (χ1n) is 16.2. The van der Waals surface area contributed by atoms with Crippen LogP contribution < -0.4 is 4.90 Å². The van der Waals surface area contributed by atoms with Crippen LogP contribution in [0.25, 0.3) is 53.9 Å². The van der Waals surface area contributed by atoms with Gasteiger partial charge in [-0.1, -0.05) is 121 Å². The lowest BCUT2D eigenvalue weighted by molar-refractivity contribution is -0.141. The second-order valence-corrected chi connectivity index (χ2v) is 13.0. The number of hydrogen-bond donors (Lipinski definition) is 0. The predicted molar refractivity (Wildman–Crippen MR) is 201 cm³/mol. The lowest BCUT2D eigenvalue weighted by atomic mass is 9.99. The van der Waals surface area contributed by atoms with Crippen molar-refractivity contribution in [2.45, 2.75) is 6.18 Å². The summed E-state index contributed by atoms with van der Waals surface area (Å²) in [7, 11) is 0. The van der Waals surface area contributed by atoms with Crippen LogP contribution in [-0.2, 0) is 6.18 Å². The average Bonchev–Trinajstić information content (AvgIpc) is 3.56. The minimum Gasteiger partial charge on any atom is -0.311 e. The number of alkyl halides is 3. The molecule has 8 aromatic rings.